The van der Waals surface area contributed by atoms with Crippen LogP contribution in [0.25, 0.3) is 0 Å². The summed E-state index contributed by atoms with van der Waals surface area (Å²) in [6.07, 6.45) is 5.31. The smallest absolute Gasteiger partial charge is 0.344 e. The standard InChI is InChI=1S/C22H25N3O6/c1-3-30-21(28)12-31-15-5-6-16(19(26)8-15)20(27)11-25-9-14-4-7-18(24-13(2)23)22(29)17(14)10-25/h4-9,17-18,26H,3,10-12H2,1-2H3,(H2,23,24). The molecule has 0 fully saturated rings. The van der Waals surface area contributed by atoms with Crippen LogP contribution in [-0.2, 0) is 14.3 Å². The number of allylic oxidation sites excluding steroid dienone is 1. The summed E-state index contributed by atoms with van der Waals surface area (Å²) in [6.45, 7) is 3.64. The number of phenolic OH excluding ortho intramolecular Hbond substituents is 1. The lowest BCUT2D eigenvalue weighted by atomic mass is 9.87. The number of amidine groups is 1. The van der Waals surface area contributed by atoms with E-state index in [2.05, 4.69) is 4.99 Å². The number of ketones is 2. The molecule has 2 unspecified atom stereocenters. The third-order valence-electron chi connectivity index (χ3n) is 4.88. The number of phenols is 1. The molecule has 1 heterocycles. The molecule has 0 saturated heterocycles. The molecular weight excluding hydrogens is 402 g/mol. The molecule has 0 bridgehead atoms. The van der Waals surface area contributed by atoms with E-state index in [4.69, 9.17) is 15.2 Å². The van der Waals surface area contributed by atoms with Gasteiger partial charge in [-0.2, -0.15) is 0 Å². The summed E-state index contributed by atoms with van der Waals surface area (Å²) in [5, 5.41) is 10.2. The number of aromatic hydroxyl groups is 1. The van der Waals surface area contributed by atoms with E-state index < -0.39 is 12.0 Å². The third kappa shape index (κ3) is 5.30. The molecule has 1 aromatic rings. The average Bonchev–Trinajstić information content (AvgIpc) is 3.12. The fourth-order valence-corrected chi connectivity index (χ4v) is 3.50. The number of fused-ring (bicyclic) bond motifs is 1. The fraction of sp³-hybridized carbons (Fsp3) is 0.364. The lowest BCUT2D eigenvalue weighted by Gasteiger charge is -2.21. The first-order chi connectivity index (χ1) is 14.8. The van der Waals surface area contributed by atoms with Crippen LogP contribution in [0.2, 0.25) is 0 Å². The van der Waals surface area contributed by atoms with Gasteiger partial charge in [-0.25, -0.2) is 4.79 Å². The van der Waals surface area contributed by atoms with Gasteiger partial charge in [0, 0.05) is 18.8 Å². The van der Waals surface area contributed by atoms with Crippen LogP contribution >= 0.6 is 0 Å². The Morgan fingerprint density at radius 3 is 2.81 bits per heavy atom. The number of ether oxygens (including phenoxy) is 2. The van der Waals surface area contributed by atoms with Gasteiger partial charge >= 0.3 is 5.97 Å². The Bertz CT molecular complexity index is 977. The van der Waals surface area contributed by atoms with Gasteiger partial charge in [0.05, 0.1) is 30.5 Å². The van der Waals surface area contributed by atoms with Crippen LogP contribution in [0.4, 0.5) is 0 Å². The van der Waals surface area contributed by atoms with Crippen LogP contribution in [0.3, 0.4) is 0 Å². The SMILES string of the molecule is CCOC(=O)COc1ccc(C(=O)CN2C=C3C=CC(N=C(C)N)C(=O)C3C2)c(O)c1. The molecule has 9 nitrogen and oxygen atoms in total. The molecule has 2 atom stereocenters. The van der Waals surface area contributed by atoms with Crippen LogP contribution in [0, 0.1) is 5.92 Å². The Hall–Kier alpha value is -3.62. The highest BCUT2D eigenvalue weighted by Crippen LogP contribution is 2.30. The van der Waals surface area contributed by atoms with E-state index in [1.54, 1.807) is 31.0 Å². The molecule has 9 heteroatoms. The monoisotopic (exact) mass is 427 g/mol. The minimum atomic E-state index is -0.603. The number of carbonyl (C=O) groups excluding carboxylic acids is 3. The average molecular weight is 427 g/mol. The fourth-order valence-electron chi connectivity index (χ4n) is 3.50. The Kier molecular flexibility index (Phi) is 6.74. The van der Waals surface area contributed by atoms with Crippen molar-refractivity contribution >= 4 is 23.4 Å². The van der Waals surface area contributed by atoms with Crippen molar-refractivity contribution in [3.8, 4) is 11.5 Å². The van der Waals surface area contributed by atoms with Crippen molar-refractivity contribution in [1.29, 1.82) is 0 Å². The molecule has 0 aromatic heterocycles. The van der Waals surface area contributed by atoms with E-state index in [0.29, 0.717) is 12.4 Å². The van der Waals surface area contributed by atoms with Crippen LogP contribution in [0.5, 0.6) is 11.5 Å². The van der Waals surface area contributed by atoms with Crippen molar-refractivity contribution in [3.63, 3.8) is 0 Å². The molecular formula is C22H25N3O6. The number of hydrogen-bond donors (Lipinski definition) is 2. The maximum absolute atomic E-state index is 12.7. The first-order valence-electron chi connectivity index (χ1n) is 9.90. The first kappa shape index (κ1) is 22.1. The second-order valence-electron chi connectivity index (χ2n) is 7.28. The van der Waals surface area contributed by atoms with Crippen LogP contribution in [0.1, 0.15) is 24.2 Å². The van der Waals surface area contributed by atoms with Crippen molar-refractivity contribution in [1.82, 2.24) is 4.90 Å². The summed E-state index contributed by atoms with van der Waals surface area (Å²) < 4.78 is 10.0. The van der Waals surface area contributed by atoms with E-state index in [1.165, 1.54) is 18.2 Å². The second-order valence-corrected chi connectivity index (χ2v) is 7.28. The van der Waals surface area contributed by atoms with E-state index in [0.717, 1.165) is 5.57 Å². The number of benzene rings is 1. The molecule has 1 aromatic carbocycles. The number of hydrogen-bond acceptors (Lipinski definition) is 8. The van der Waals surface area contributed by atoms with Crippen molar-refractivity contribution < 1.29 is 29.0 Å². The largest absolute Gasteiger partial charge is 0.507 e. The summed E-state index contributed by atoms with van der Waals surface area (Å²) >= 11 is 0. The van der Waals surface area contributed by atoms with Crippen molar-refractivity contribution in [3.05, 3.63) is 47.7 Å². The Labute approximate surface area is 179 Å². The summed E-state index contributed by atoms with van der Waals surface area (Å²) in [6, 6.07) is 3.61. The van der Waals surface area contributed by atoms with Gasteiger partial charge in [-0.05, 0) is 31.6 Å². The number of nitrogens with two attached hydrogens (primary N) is 1. The third-order valence-corrected chi connectivity index (χ3v) is 4.88. The van der Waals surface area contributed by atoms with Crippen LogP contribution < -0.4 is 10.5 Å². The summed E-state index contributed by atoms with van der Waals surface area (Å²) in [5.74, 6) is -0.922. The maximum atomic E-state index is 12.7. The van der Waals surface area contributed by atoms with Gasteiger partial charge in [0.25, 0.3) is 0 Å². The molecule has 2 aliphatic rings. The highest BCUT2D eigenvalue weighted by molar-refractivity contribution is 6.00. The molecule has 31 heavy (non-hydrogen) atoms. The summed E-state index contributed by atoms with van der Waals surface area (Å²) in [4.78, 5) is 42.6. The number of Topliss-reactive ketones (excluding diaryl/α,β-unsaturated/α-hetero) is 2. The molecule has 0 amide bonds. The van der Waals surface area contributed by atoms with Crippen molar-refractivity contribution in [2.45, 2.75) is 19.9 Å². The zero-order valence-electron chi connectivity index (χ0n) is 17.4. The number of rotatable bonds is 8. The van der Waals surface area contributed by atoms with Gasteiger partial charge in [0.1, 0.15) is 17.5 Å². The molecule has 1 aliphatic carbocycles. The molecule has 3 rings (SSSR count). The highest BCUT2D eigenvalue weighted by Gasteiger charge is 2.36. The first-order valence-corrected chi connectivity index (χ1v) is 9.90. The van der Waals surface area contributed by atoms with Gasteiger partial charge in [-0.15, -0.1) is 0 Å². The van der Waals surface area contributed by atoms with Gasteiger partial charge in [0.2, 0.25) is 0 Å². The minimum absolute atomic E-state index is 0.00155. The highest BCUT2D eigenvalue weighted by atomic mass is 16.6. The number of esters is 1. The zero-order valence-corrected chi connectivity index (χ0v) is 17.4. The minimum Gasteiger partial charge on any atom is -0.507 e. The Balaban J connectivity index is 1.61. The van der Waals surface area contributed by atoms with Gasteiger partial charge in [0.15, 0.2) is 18.2 Å². The van der Waals surface area contributed by atoms with E-state index in [1.807, 2.05) is 6.08 Å². The van der Waals surface area contributed by atoms with Gasteiger partial charge in [-0.3, -0.25) is 14.6 Å². The lowest BCUT2D eigenvalue weighted by Crippen LogP contribution is -2.34. The number of aliphatic imine (C=N–C) groups is 1. The van der Waals surface area contributed by atoms with Crippen molar-refractivity contribution in [2.24, 2.45) is 16.6 Å². The van der Waals surface area contributed by atoms with Crippen LogP contribution in [0.15, 0.2) is 47.1 Å². The molecule has 0 radical (unpaired) electrons. The quantitative estimate of drug-likeness (QED) is 0.274. The van der Waals surface area contributed by atoms with Gasteiger partial charge in [-0.1, -0.05) is 12.2 Å². The predicted molar refractivity (Wildman–Crippen MR) is 113 cm³/mol. The Morgan fingerprint density at radius 1 is 1.35 bits per heavy atom. The normalized spacial score (nSPS) is 20.3. The predicted octanol–water partition coefficient (Wildman–Crippen LogP) is 1.22. The van der Waals surface area contributed by atoms with E-state index in [9.17, 15) is 19.5 Å². The second kappa shape index (κ2) is 9.46. The topological polar surface area (TPSA) is 132 Å². The summed E-state index contributed by atoms with van der Waals surface area (Å²) in [5.41, 5.74) is 6.54. The summed E-state index contributed by atoms with van der Waals surface area (Å²) in [7, 11) is 0. The zero-order chi connectivity index (χ0) is 22.5. The molecule has 0 spiro atoms. The number of nitrogens with zero attached hydrogens (tertiary/aromatic N) is 2. The Morgan fingerprint density at radius 2 is 2.13 bits per heavy atom. The lowest BCUT2D eigenvalue weighted by molar-refractivity contribution is -0.145. The molecule has 1 aliphatic heterocycles. The van der Waals surface area contributed by atoms with E-state index in [-0.39, 0.29) is 54.3 Å². The van der Waals surface area contributed by atoms with E-state index >= 15 is 0 Å². The maximum Gasteiger partial charge on any atom is 0.344 e. The van der Waals surface area contributed by atoms with Gasteiger partial charge < -0.3 is 25.2 Å². The molecule has 164 valence electrons. The number of carbonyl (C=O) groups is 3. The van der Waals surface area contributed by atoms with Crippen LogP contribution in [-0.4, -0.2) is 65.7 Å². The molecule has 0 saturated carbocycles. The van der Waals surface area contributed by atoms with Crippen molar-refractivity contribution in [2.75, 3.05) is 26.3 Å². The molecule has 3 N–H and O–H groups in total.